The molecule has 1 unspecified atom stereocenters. The first-order chi connectivity index (χ1) is 11.0. The molecule has 8 nitrogen and oxygen atoms in total. The van der Waals surface area contributed by atoms with Gasteiger partial charge in [-0.15, -0.1) is 0 Å². The van der Waals surface area contributed by atoms with Crippen LogP contribution in [0.1, 0.15) is 29.6 Å². The molecule has 1 aromatic carbocycles. The van der Waals surface area contributed by atoms with Crippen LogP contribution in [0.5, 0.6) is 0 Å². The van der Waals surface area contributed by atoms with Gasteiger partial charge in [0, 0.05) is 24.2 Å². The number of hydrogen-bond acceptors (Lipinski definition) is 6. The molecule has 1 aliphatic rings. The molecule has 0 saturated carbocycles. The minimum atomic E-state index is -0.693. The van der Waals surface area contributed by atoms with Crippen LogP contribution in [0.2, 0.25) is 0 Å². The van der Waals surface area contributed by atoms with Crippen molar-refractivity contribution in [2.75, 3.05) is 25.5 Å². The average Bonchev–Trinajstić information content (AvgIpc) is 3.05. The fourth-order valence-corrected chi connectivity index (χ4v) is 2.54. The standard InChI is InChI=1S/C15H19N3O5/c1-23-15(20)11-6-12(8-13(7-11)18(21)22)17-14(19)3-2-10-4-5-16-9-10/h6-8,10,16H,2-5,9H2,1H3,(H,17,19). The molecule has 0 aromatic heterocycles. The molecule has 1 fully saturated rings. The summed E-state index contributed by atoms with van der Waals surface area (Å²) in [5, 5.41) is 16.8. The maximum absolute atomic E-state index is 12.0. The fraction of sp³-hybridized carbons (Fsp3) is 0.467. The third kappa shape index (κ3) is 4.75. The van der Waals surface area contributed by atoms with Gasteiger partial charge in [-0.1, -0.05) is 0 Å². The highest BCUT2D eigenvalue weighted by Crippen LogP contribution is 2.22. The molecule has 1 aromatic rings. The molecule has 2 rings (SSSR count). The average molecular weight is 321 g/mol. The van der Waals surface area contributed by atoms with Crippen molar-refractivity contribution in [1.29, 1.82) is 0 Å². The summed E-state index contributed by atoms with van der Waals surface area (Å²) in [5.41, 5.74) is -0.0330. The van der Waals surface area contributed by atoms with Gasteiger partial charge in [0.1, 0.15) is 0 Å². The highest BCUT2D eigenvalue weighted by atomic mass is 16.6. The number of carbonyl (C=O) groups excluding carboxylic acids is 2. The lowest BCUT2D eigenvalue weighted by Crippen LogP contribution is -2.15. The van der Waals surface area contributed by atoms with Crippen LogP contribution in [0.3, 0.4) is 0 Å². The number of non-ortho nitro benzene ring substituents is 1. The van der Waals surface area contributed by atoms with Crippen LogP contribution >= 0.6 is 0 Å². The number of ether oxygens (including phenoxy) is 1. The molecule has 1 atom stereocenters. The summed E-state index contributed by atoms with van der Waals surface area (Å²) in [5.74, 6) is -0.439. The van der Waals surface area contributed by atoms with Crippen molar-refractivity contribution in [3.8, 4) is 0 Å². The minimum absolute atomic E-state index is 0.0250. The number of nitrogens with zero attached hydrogens (tertiary/aromatic N) is 1. The van der Waals surface area contributed by atoms with Crippen molar-refractivity contribution in [1.82, 2.24) is 5.32 Å². The van der Waals surface area contributed by atoms with E-state index in [2.05, 4.69) is 15.4 Å². The number of benzene rings is 1. The molecule has 1 saturated heterocycles. The van der Waals surface area contributed by atoms with Gasteiger partial charge in [0.25, 0.3) is 5.69 Å². The molecular formula is C15H19N3O5. The van der Waals surface area contributed by atoms with Gasteiger partial charge in [-0.05, 0) is 37.9 Å². The van der Waals surface area contributed by atoms with Crippen LogP contribution in [0, 0.1) is 16.0 Å². The van der Waals surface area contributed by atoms with Crippen molar-refractivity contribution in [3.05, 3.63) is 33.9 Å². The van der Waals surface area contributed by atoms with E-state index in [1.807, 2.05) is 0 Å². The van der Waals surface area contributed by atoms with Crippen LogP contribution in [0.15, 0.2) is 18.2 Å². The number of carbonyl (C=O) groups is 2. The first kappa shape index (κ1) is 16.9. The summed E-state index contributed by atoms with van der Waals surface area (Å²) in [6.45, 7) is 1.89. The van der Waals surface area contributed by atoms with E-state index in [0.717, 1.165) is 32.0 Å². The van der Waals surface area contributed by atoms with Crippen LogP contribution in [0.25, 0.3) is 0 Å². The summed E-state index contributed by atoms with van der Waals surface area (Å²) in [4.78, 5) is 33.9. The molecule has 0 bridgehead atoms. The Morgan fingerprint density at radius 3 is 2.83 bits per heavy atom. The van der Waals surface area contributed by atoms with Crippen LogP contribution in [0.4, 0.5) is 11.4 Å². The number of methoxy groups -OCH3 is 1. The van der Waals surface area contributed by atoms with E-state index in [1.165, 1.54) is 19.2 Å². The zero-order chi connectivity index (χ0) is 16.8. The summed E-state index contributed by atoms with van der Waals surface area (Å²) in [7, 11) is 1.19. The lowest BCUT2D eigenvalue weighted by Gasteiger charge is -2.09. The second-order valence-corrected chi connectivity index (χ2v) is 5.46. The molecule has 0 aliphatic carbocycles. The topological polar surface area (TPSA) is 111 Å². The molecule has 1 aliphatic heterocycles. The second-order valence-electron chi connectivity index (χ2n) is 5.46. The smallest absolute Gasteiger partial charge is 0.338 e. The SMILES string of the molecule is COC(=O)c1cc(NC(=O)CCC2CCNC2)cc([N+](=O)[O-])c1. The third-order valence-corrected chi connectivity index (χ3v) is 3.78. The predicted molar refractivity (Wildman–Crippen MR) is 83.3 cm³/mol. The Hall–Kier alpha value is -2.48. The Balaban J connectivity index is 2.04. The lowest BCUT2D eigenvalue weighted by atomic mass is 10.0. The van der Waals surface area contributed by atoms with Crippen molar-refractivity contribution in [2.45, 2.75) is 19.3 Å². The van der Waals surface area contributed by atoms with E-state index in [4.69, 9.17) is 0 Å². The fourth-order valence-electron chi connectivity index (χ4n) is 2.54. The van der Waals surface area contributed by atoms with Crippen molar-refractivity contribution in [3.63, 3.8) is 0 Å². The van der Waals surface area contributed by atoms with Gasteiger partial charge >= 0.3 is 5.97 Å². The molecule has 1 amide bonds. The predicted octanol–water partition coefficient (Wildman–Crippen LogP) is 1.71. The quantitative estimate of drug-likeness (QED) is 0.469. The van der Waals surface area contributed by atoms with E-state index >= 15 is 0 Å². The summed E-state index contributed by atoms with van der Waals surface area (Å²) < 4.78 is 4.56. The van der Waals surface area contributed by atoms with Crippen molar-refractivity contribution in [2.24, 2.45) is 5.92 Å². The van der Waals surface area contributed by atoms with Gasteiger partial charge < -0.3 is 15.4 Å². The molecule has 0 spiro atoms. The van der Waals surface area contributed by atoms with E-state index < -0.39 is 10.9 Å². The maximum Gasteiger partial charge on any atom is 0.338 e. The third-order valence-electron chi connectivity index (χ3n) is 3.78. The van der Waals surface area contributed by atoms with E-state index in [1.54, 1.807) is 0 Å². The number of amides is 1. The first-order valence-corrected chi connectivity index (χ1v) is 7.38. The maximum atomic E-state index is 12.0. The van der Waals surface area contributed by atoms with Crippen LogP contribution in [-0.2, 0) is 9.53 Å². The van der Waals surface area contributed by atoms with Gasteiger partial charge in [-0.25, -0.2) is 4.79 Å². The number of nitro groups is 1. The number of rotatable bonds is 6. The lowest BCUT2D eigenvalue weighted by molar-refractivity contribution is -0.384. The molecule has 23 heavy (non-hydrogen) atoms. The Kier molecular flexibility index (Phi) is 5.64. The van der Waals surface area contributed by atoms with Crippen LogP contribution < -0.4 is 10.6 Å². The Morgan fingerprint density at radius 1 is 1.43 bits per heavy atom. The molecule has 1 heterocycles. The van der Waals surface area contributed by atoms with E-state index in [-0.39, 0.29) is 22.8 Å². The van der Waals surface area contributed by atoms with Gasteiger partial charge in [-0.3, -0.25) is 14.9 Å². The zero-order valence-electron chi connectivity index (χ0n) is 12.8. The number of hydrogen-bond donors (Lipinski definition) is 2. The first-order valence-electron chi connectivity index (χ1n) is 7.38. The van der Waals surface area contributed by atoms with Gasteiger partial charge in [-0.2, -0.15) is 0 Å². The Bertz CT molecular complexity index is 611. The summed E-state index contributed by atoms with van der Waals surface area (Å²) in [6.07, 6.45) is 2.15. The summed E-state index contributed by atoms with van der Waals surface area (Å²) >= 11 is 0. The molecule has 124 valence electrons. The van der Waals surface area contributed by atoms with Gasteiger partial charge in [0.05, 0.1) is 17.6 Å². The normalized spacial score (nSPS) is 16.8. The molecular weight excluding hydrogens is 302 g/mol. The number of esters is 1. The molecule has 8 heteroatoms. The molecule has 0 radical (unpaired) electrons. The van der Waals surface area contributed by atoms with Crippen molar-refractivity contribution < 1.29 is 19.2 Å². The van der Waals surface area contributed by atoms with E-state index in [0.29, 0.717) is 12.3 Å². The number of anilines is 1. The second kappa shape index (κ2) is 7.68. The van der Waals surface area contributed by atoms with E-state index in [9.17, 15) is 19.7 Å². The minimum Gasteiger partial charge on any atom is -0.465 e. The van der Waals surface area contributed by atoms with Crippen LogP contribution in [-0.4, -0.2) is 37.0 Å². The monoisotopic (exact) mass is 321 g/mol. The van der Waals surface area contributed by atoms with Crippen molar-refractivity contribution >= 4 is 23.3 Å². The summed E-state index contributed by atoms with van der Waals surface area (Å²) in [6, 6.07) is 3.71. The zero-order valence-corrected chi connectivity index (χ0v) is 12.8. The largest absolute Gasteiger partial charge is 0.465 e. The molecule has 2 N–H and O–H groups in total. The number of nitro benzene ring substituents is 1. The number of nitrogens with one attached hydrogen (secondary N) is 2. The highest BCUT2D eigenvalue weighted by Gasteiger charge is 2.18. The Morgan fingerprint density at radius 2 is 2.22 bits per heavy atom. The highest BCUT2D eigenvalue weighted by molar-refractivity contribution is 5.95. The Labute approximate surface area is 133 Å². The van der Waals surface area contributed by atoms with Gasteiger partial charge in [0.15, 0.2) is 0 Å². The van der Waals surface area contributed by atoms with Gasteiger partial charge in [0.2, 0.25) is 5.91 Å².